The Morgan fingerprint density at radius 2 is 0.857 bits per heavy atom. The van der Waals surface area contributed by atoms with E-state index < -0.39 is 0 Å². The number of fused-ring (bicyclic) bond motifs is 6. The highest BCUT2D eigenvalue weighted by Gasteiger charge is 2.18. The summed E-state index contributed by atoms with van der Waals surface area (Å²) in [5, 5.41) is 4.73. The first-order valence-electron chi connectivity index (χ1n) is 18.7. The maximum Gasteiger partial charge on any atom is 0.164 e. The van der Waals surface area contributed by atoms with Crippen LogP contribution >= 0.6 is 11.3 Å². The minimum absolute atomic E-state index is 0.625. The van der Waals surface area contributed by atoms with Gasteiger partial charge in [0.15, 0.2) is 17.5 Å². The molecule has 0 atom stereocenters. The first-order chi connectivity index (χ1) is 27.7. The van der Waals surface area contributed by atoms with Crippen molar-refractivity contribution in [2.75, 3.05) is 0 Å². The van der Waals surface area contributed by atoms with Gasteiger partial charge in [-0.2, -0.15) is 0 Å². The van der Waals surface area contributed by atoms with Crippen LogP contribution in [0.25, 0.3) is 110 Å². The van der Waals surface area contributed by atoms with Gasteiger partial charge in [0, 0.05) is 47.6 Å². The number of aromatic nitrogens is 3. The third-order valence-corrected chi connectivity index (χ3v) is 11.7. The van der Waals surface area contributed by atoms with E-state index in [-0.39, 0.29) is 0 Å². The minimum atomic E-state index is 0.625. The zero-order chi connectivity index (χ0) is 37.0. The van der Waals surface area contributed by atoms with Crippen LogP contribution in [-0.2, 0) is 0 Å². The van der Waals surface area contributed by atoms with Crippen molar-refractivity contribution in [3.8, 4) is 67.5 Å². The van der Waals surface area contributed by atoms with Gasteiger partial charge >= 0.3 is 0 Å². The zero-order valence-electron chi connectivity index (χ0n) is 30.1. The Hall–Kier alpha value is -7.21. The predicted octanol–water partition coefficient (Wildman–Crippen LogP) is 14.1. The van der Waals surface area contributed by atoms with Gasteiger partial charge in [-0.1, -0.05) is 152 Å². The smallest absolute Gasteiger partial charge is 0.164 e. The van der Waals surface area contributed by atoms with Gasteiger partial charge in [0.05, 0.1) is 0 Å². The maximum atomic E-state index is 6.64. The normalized spacial score (nSPS) is 11.6. The molecule has 56 heavy (non-hydrogen) atoms. The number of hydrogen-bond acceptors (Lipinski definition) is 5. The fourth-order valence-electron chi connectivity index (χ4n) is 7.87. The maximum absolute atomic E-state index is 6.64. The van der Waals surface area contributed by atoms with Crippen molar-refractivity contribution >= 4 is 53.4 Å². The summed E-state index contributed by atoms with van der Waals surface area (Å²) in [4.78, 5) is 14.9. The standard InChI is InChI=1S/C51H31N3OS/c1-4-13-32(14-5-1)35-25-28-42-46(31-35)56-45-24-12-22-40(48(42)45)37-26-27-41-44(30-37)55-43-23-11-21-39(47(41)43)36-19-10-20-38(29-36)51-53-49(33-15-6-2-7-16-33)52-50(54-51)34-17-8-3-9-18-34/h1-31H. The minimum Gasteiger partial charge on any atom is -0.456 e. The number of benzene rings is 8. The van der Waals surface area contributed by atoms with Crippen LogP contribution in [0.2, 0.25) is 0 Å². The summed E-state index contributed by atoms with van der Waals surface area (Å²) in [7, 11) is 0. The summed E-state index contributed by atoms with van der Waals surface area (Å²) in [6.07, 6.45) is 0. The van der Waals surface area contributed by atoms with Gasteiger partial charge in [0.25, 0.3) is 0 Å². The number of thiophene rings is 1. The van der Waals surface area contributed by atoms with Crippen molar-refractivity contribution in [2.24, 2.45) is 0 Å². The molecule has 3 aromatic heterocycles. The predicted molar refractivity (Wildman–Crippen MR) is 233 cm³/mol. The molecular weight excluding hydrogens is 703 g/mol. The molecule has 5 heteroatoms. The van der Waals surface area contributed by atoms with Gasteiger partial charge in [0.1, 0.15) is 11.2 Å². The van der Waals surface area contributed by atoms with Crippen LogP contribution in [-0.4, -0.2) is 15.0 Å². The van der Waals surface area contributed by atoms with Gasteiger partial charge in [-0.15, -0.1) is 11.3 Å². The fraction of sp³-hybridized carbons (Fsp3) is 0. The number of hydrogen-bond donors (Lipinski definition) is 0. The van der Waals surface area contributed by atoms with E-state index in [0.717, 1.165) is 55.3 Å². The molecule has 0 spiro atoms. The lowest BCUT2D eigenvalue weighted by Gasteiger charge is -2.10. The molecule has 0 amide bonds. The zero-order valence-corrected chi connectivity index (χ0v) is 30.9. The van der Waals surface area contributed by atoms with Gasteiger partial charge in [-0.3, -0.25) is 0 Å². The van der Waals surface area contributed by atoms with Crippen LogP contribution in [0.4, 0.5) is 0 Å². The van der Waals surface area contributed by atoms with Crippen molar-refractivity contribution < 1.29 is 4.42 Å². The van der Waals surface area contributed by atoms with Gasteiger partial charge in [-0.25, -0.2) is 15.0 Å². The number of nitrogens with zero attached hydrogens (tertiary/aromatic N) is 3. The molecule has 0 bridgehead atoms. The van der Waals surface area contributed by atoms with E-state index in [1.165, 1.54) is 36.9 Å². The summed E-state index contributed by atoms with van der Waals surface area (Å²) in [6, 6.07) is 65.6. The molecular formula is C51H31N3OS. The van der Waals surface area contributed by atoms with Crippen molar-refractivity contribution in [1.29, 1.82) is 0 Å². The molecule has 0 saturated heterocycles. The van der Waals surface area contributed by atoms with E-state index in [2.05, 4.69) is 127 Å². The van der Waals surface area contributed by atoms with Crippen molar-refractivity contribution in [3.63, 3.8) is 0 Å². The van der Waals surface area contributed by atoms with E-state index >= 15 is 0 Å². The Morgan fingerprint density at radius 1 is 0.321 bits per heavy atom. The fourth-order valence-corrected chi connectivity index (χ4v) is 9.05. The largest absolute Gasteiger partial charge is 0.456 e. The molecule has 11 rings (SSSR count). The van der Waals surface area contributed by atoms with Crippen LogP contribution in [0.15, 0.2) is 192 Å². The van der Waals surface area contributed by atoms with Crippen molar-refractivity contribution in [1.82, 2.24) is 15.0 Å². The van der Waals surface area contributed by atoms with Crippen LogP contribution in [0.3, 0.4) is 0 Å². The van der Waals surface area contributed by atoms with E-state index in [1.807, 2.05) is 72.0 Å². The number of furan rings is 1. The average Bonchev–Trinajstić information content (AvgIpc) is 3.85. The molecule has 11 aromatic rings. The SMILES string of the molecule is c1ccc(-c2ccc3c(c2)sc2cccc(-c4ccc5c(c4)oc4cccc(-c6cccc(-c7nc(-c8ccccc8)nc(-c8ccccc8)n7)c6)c45)c23)cc1. The molecule has 0 aliphatic carbocycles. The third kappa shape index (κ3) is 5.56. The second kappa shape index (κ2) is 13.3. The van der Waals surface area contributed by atoms with Gasteiger partial charge in [-0.05, 0) is 69.8 Å². The van der Waals surface area contributed by atoms with Crippen LogP contribution in [0.1, 0.15) is 0 Å². The molecule has 0 radical (unpaired) electrons. The van der Waals surface area contributed by atoms with E-state index in [0.29, 0.717) is 17.5 Å². The molecule has 0 N–H and O–H groups in total. The lowest BCUT2D eigenvalue weighted by Crippen LogP contribution is -2.00. The highest BCUT2D eigenvalue weighted by molar-refractivity contribution is 7.26. The van der Waals surface area contributed by atoms with Gasteiger partial charge in [0.2, 0.25) is 0 Å². The Balaban J connectivity index is 1.01. The highest BCUT2D eigenvalue weighted by atomic mass is 32.1. The van der Waals surface area contributed by atoms with E-state index in [1.54, 1.807) is 0 Å². The Bertz CT molecular complexity index is 3180. The molecule has 0 aliphatic heterocycles. The summed E-state index contributed by atoms with van der Waals surface area (Å²) >= 11 is 1.85. The van der Waals surface area contributed by atoms with Crippen LogP contribution in [0.5, 0.6) is 0 Å². The average molecular weight is 734 g/mol. The molecule has 3 heterocycles. The van der Waals surface area contributed by atoms with E-state index in [9.17, 15) is 0 Å². The summed E-state index contributed by atoms with van der Waals surface area (Å²) < 4.78 is 9.20. The summed E-state index contributed by atoms with van der Waals surface area (Å²) in [5.41, 5.74) is 11.5. The molecule has 262 valence electrons. The second-order valence-electron chi connectivity index (χ2n) is 14.0. The number of rotatable bonds is 6. The van der Waals surface area contributed by atoms with Crippen molar-refractivity contribution in [3.05, 3.63) is 188 Å². The lowest BCUT2D eigenvalue weighted by atomic mass is 9.95. The van der Waals surface area contributed by atoms with Gasteiger partial charge < -0.3 is 4.42 Å². The molecule has 0 aliphatic rings. The van der Waals surface area contributed by atoms with Crippen molar-refractivity contribution in [2.45, 2.75) is 0 Å². The monoisotopic (exact) mass is 733 g/mol. The topological polar surface area (TPSA) is 51.8 Å². The van der Waals surface area contributed by atoms with Crippen LogP contribution < -0.4 is 0 Å². The quantitative estimate of drug-likeness (QED) is 0.171. The third-order valence-electron chi connectivity index (χ3n) is 10.5. The second-order valence-corrected chi connectivity index (χ2v) is 15.1. The molecule has 0 saturated carbocycles. The Kier molecular flexibility index (Phi) is 7.64. The molecule has 8 aromatic carbocycles. The first kappa shape index (κ1) is 32.2. The Morgan fingerprint density at radius 3 is 1.57 bits per heavy atom. The Labute approximate surface area is 327 Å². The first-order valence-corrected chi connectivity index (χ1v) is 19.5. The van der Waals surface area contributed by atoms with Crippen LogP contribution in [0, 0.1) is 0 Å². The lowest BCUT2D eigenvalue weighted by molar-refractivity contribution is 0.669. The molecule has 0 fully saturated rings. The van der Waals surface area contributed by atoms with E-state index in [4.69, 9.17) is 19.4 Å². The summed E-state index contributed by atoms with van der Waals surface area (Å²) in [5.74, 6) is 1.91. The summed E-state index contributed by atoms with van der Waals surface area (Å²) in [6.45, 7) is 0. The molecule has 0 unspecified atom stereocenters. The highest BCUT2D eigenvalue weighted by Crippen LogP contribution is 2.44. The molecule has 4 nitrogen and oxygen atoms in total.